The fourth-order valence-corrected chi connectivity index (χ4v) is 2.12. The van der Waals surface area contributed by atoms with Crippen molar-refractivity contribution in [2.75, 3.05) is 0 Å². The molecule has 0 bridgehead atoms. The van der Waals surface area contributed by atoms with Gasteiger partial charge in [-0.15, -0.1) is 0 Å². The second-order valence-corrected chi connectivity index (χ2v) is 4.66. The van der Waals surface area contributed by atoms with Crippen molar-refractivity contribution in [2.45, 2.75) is 0 Å². The SMILES string of the molecule is c1cncc(Oc2ncc(-c3ccc4nccn4c3)cn2)c1. The lowest BCUT2D eigenvalue weighted by Gasteiger charge is -2.05. The fourth-order valence-electron chi connectivity index (χ4n) is 2.12. The van der Waals surface area contributed by atoms with Crippen molar-refractivity contribution >= 4 is 5.65 Å². The Bertz CT molecular complexity index is 903. The van der Waals surface area contributed by atoms with Crippen LogP contribution in [0.2, 0.25) is 0 Å². The van der Waals surface area contributed by atoms with Gasteiger partial charge in [-0.2, -0.15) is 0 Å². The maximum absolute atomic E-state index is 5.53. The molecule has 0 atom stereocenters. The largest absolute Gasteiger partial charge is 0.423 e. The van der Waals surface area contributed by atoms with Gasteiger partial charge in [0.05, 0.1) is 6.20 Å². The van der Waals surface area contributed by atoms with E-state index in [-0.39, 0.29) is 0 Å². The zero-order valence-electron chi connectivity index (χ0n) is 11.5. The molecule has 0 saturated heterocycles. The van der Waals surface area contributed by atoms with Crippen LogP contribution in [0, 0.1) is 0 Å². The second-order valence-electron chi connectivity index (χ2n) is 4.66. The second kappa shape index (κ2) is 5.25. The van der Waals surface area contributed by atoms with E-state index in [1.54, 1.807) is 43.1 Å². The van der Waals surface area contributed by atoms with Crippen molar-refractivity contribution in [3.63, 3.8) is 0 Å². The van der Waals surface area contributed by atoms with Crippen LogP contribution < -0.4 is 4.74 Å². The first-order valence-electron chi connectivity index (χ1n) is 6.71. The summed E-state index contributed by atoms with van der Waals surface area (Å²) in [6, 6.07) is 7.83. The number of ether oxygens (including phenoxy) is 1. The number of hydrogen-bond acceptors (Lipinski definition) is 5. The van der Waals surface area contributed by atoms with E-state index >= 15 is 0 Å². The van der Waals surface area contributed by atoms with Crippen LogP contribution in [0.3, 0.4) is 0 Å². The molecular formula is C16H11N5O. The number of nitrogens with zero attached hydrogens (tertiary/aromatic N) is 5. The van der Waals surface area contributed by atoms with Gasteiger partial charge in [-0.05, 0) is 24.3 Å². The maximum atomic E-state index is 5.53. The Balaban J connectivity index is 1.61. The summed E-state index contributed by atoms with van der Waals surface area (Å²) in [5.41, 5.74) is 2.83. The van der Waals surface area contributed by atoms with Gasteiger partial charge in [-0.3, -0.25) is 4.98 Å². The monoisotopic (exact) mass is 289 g/mol. The van der Waals surface area contributed by atoms with Gasteiger partial charge in [-0.1, -0.05) is 0 Å². The Morgan fingerprint density at radius 3 is 2.59 bits per heavy atom. The van der Waals surface area contributed by atoms with E-state index in [0.717, 1.165) is 16.8 Å². The molecule has 0 spiro atoms. The predicted octanol–water partition coefficient (Wildman–Crippen LogP) is 2.98. The Morgan fingerprint density at radius 2 is 1.77 bits per heavy atom. The molecule has 0 unspecified atom stereocenters. The Morgan fingerprint density at radius 1 is 0.864 bits per heavy atom. The highest BCUT2D eigenvalue weighted by Crippen LogP contribution is 2.21. The van der Waals surface area contributed by atoms with E-state index in [1.165, 1.54) is 0 Å². The Kier molecular flexibility index (Phi) is 2.97. The molecule has 0 aliphatic carbocycles. The van der Waals surface area contributed by atoms with Gasteiger partial charge in [0, 0.05) is 48.3 Å². The molecule has 0 saturated carbocycles. The summed E-state index contributed by atoms with van der Waals surface area (Å²) >= 11 is 0. The first-order valence-corrected chi connectivity index (χ1v) is 6.71. The van der Waals surface area contributed by atoms with Gasteiger partial charge in [-0.25, -0.2) is 15.0 Å². The normalized spacial score (nSPS) is 10.7. The molecule has 0 fully saturated rings. The maximum Gasteiger partial charge on any atom is 0.321 e. The third-order valence-electron chi connectivity index (χ3n) is 3.19. The lowest BCUT2D eigenvalue weighted by atomic mass is 10.1. The summed E-state index contributed by atoms with van der Waals surface area (Å²) in [5, 5.41) is 0. The zero-order chi connectivity index (χ0) is 14.8. The fraction of sp³-hybridized carbons (Fsp3) is 0. The van der Waals surface area contributed by atoms with E-state index in [0.29, 0.717) is 11.8 Å². The average Bonchev–Trinajstić information content (AvgIpc) is 3.04. The minimum atomic E-state index is 0.292. The van der Waals surface area contributed by atoms with Crippen LogP contribution in [0.4, 0.5) is 0 Å². The Hall–Kier alpha value is -3.28. The number of aromatic nitrogens is 5. The van der Waals surface area contributed by atoms with Crippen LogP contribution in [-0.2, 0) is 0 Å². The summed E-state index contributed by atoms with van der Waals surface area (Å²) in [6.45, 7) is 0. The standard InChI is InChI=1S/C16H11N5O/c1-2-14(10-17-5-1)22-16-19-8-13(9-20-16)12-3-4-15-18-6-7-21(15)11-12/h1-11H. The molecule has 4 aromatic heterocycles. The molecule has 0 aliphatic heterocycles. The molecule has 6 heteroatoms. The van der Waals surface area contributed by atoms with Crippen LogP contribution in [0.15, 0.2) is 67.6 Å². The van der Waals surface area contributed by atoms with Crippen molar-refractivity contribution < 1.29 is 4.74 Å². The average molecular weight is 289 g/mol. The van der Waals surface area contributed by atoms with Crippen LogP contribution in [-0.4, -0.2) is 24.3 Å². The van der Waals surface area contributed by atoms with E-state index in [1.807, 2.05) is 28.9 Å². The smallest absolute Gasteiger partial charge is 0.321 e. The first-order chi connectivity index (χ1) is 10.9. The highest BCUT2D eigenvalue weighted by molar-refractivity contribution is 5.62. The third-order valence-corrected chi connectivity index (χ3v) is 3.19. The molecule has 4 heterocycles. The van der Waals surface area contributed by atoms with Crippen molar-refractivity contribution in [1.29, 1.82) is 0 Å². The summed E-state index contributed by atoms with van der Waals surface area (Å²) in [5.74, 6) is 0.607. The van der Waals surface area contributed by atoms with Gasteiger partial charge < -0.3 is 9.14 Å². The van der Waals surface area contributed by atoms with Gasteiger partial charge in [0.1, 0.15) is 11.4 Å². The minimum absolute atomic E-state index is 0.292. The number of hydrogen-bond donors (Lipinski definition) is 0. The third kappa shape index (κ3) is 2.37. The summed E-state index contributed by atoms with van der Waals surface area (Å²) < 4.78 is 7.48. The molecule has 0 aromatic carbocycles. The number of pyridine rings is 2. The van der Waals surface area contributed by atoms with E-state index in [2.05, 4.69) is 19.9 Å². The molecule has 4 aromatic rings. The molecule has 4 rings (SSSR count). The Labute approximate surface area is 126 Å². The highest BCUT2D eigenvalue weighted by atomic mass is 16.5. The lowest BCUT2D eigenvalue weighted by Crippen LogP contribution is -1.93. The summed E-state index contributed by atoms with van der Waals surface area (Å²) in [6.07, 6.45) is 12.4. The molecule has 6 nitrogen and oxygen atoms in total. The molecular weight excluding hydrogens is 278 g/mol. The summed E-state index contributed by atoms with van der Waals surface area (Å²) in [4.78, 5) is 16.7. The number of imidazole rings is 1. The highest BCUT2D eigenvalue weighted by Gasteiger charge is 2.04. The molecule has 22 heavy (non-hydrogen) atoms. The van der Waals surface area contributed by atoms with Crippen LogP contribution >= 0.6 is 0 Å². The summed E-state index contributed by atoms with van der Waals surface area (Å²) in [7, 11) is 0. The first kappa shape index (κ1) is 12.5. The van der Waals surface area contributed by atoms with Crippen molar-refractivity contribution in [3.05, 3.63) is 67.6 Å². The van der Waals surface area contributed by atoms with Crippen LogP contribution in [0.5, 0.6) is 11.8 Å². The van der Waals surface area contributed by atoms with Gasteiger partial charge in [0.15, 0.2) is 0 Å². The van der Waals surface area contributed by atoms with E-state index in [4.69, 9.17) is 4.74 Å². The number of fused-ring (bicyclic) bond motifs is 1. The van der Waals surface area contributed by atoms with Gasteiger partial charge in [0.25, 0.3) is 0 Å². The molecule has 106 valence electrons. The topological polar surface area (TPSA) is 65.2 Å². The molecule has 0 amide bonds. The van der Waals surface area contributed by atoms with E-state index < -0.39 is 0 Å². The van der Waals surface area contributed by atoms with Crippen molar-refractivity contribution in [3.8, 4) is 22.9 Å². The lowest BCUT2D eigenvalue weighted by molar-refractivity contribution is 0.440. The molecule has 0 N–H and O–H groups in total. The predicted molar refractivity (Wildman–Crippen MR) is 80.5 cm³/mol. The van der Waals surface area contributed by atoms with Crippen LogP contribution in [0.1, 0.15) is 0 Å². The number of rotatable bonds is 3. The zero-order valence-corrected chi connectivity index (χ0v) is 11.5. The van der Waals surface area contributed by atoms with Crippen molar-refractivity contribution in [1.82, 2.24) is 24.3 Å². The molecule has 0 radical (unpaired) electrons. The van der Waals surface area contributed by atoms with Gasteiger partial charge in [0.2, 0.25) is 0 Å². The van der Waals surface area contributed by atoms with Crippen molar-refractivity contribution in [2.24, 2.45) is 0 Å². The molecule has 0 aliphatic rings. The van der Waals surface area contributed by atoms with E-state index in [9.17, 15) is 0 Å². The quantitative estimate of drug-likeness (QED) is 0.580. The van der Waals surface area contributed by atoms with Gasteiger partial charge >= 0.3 is 6.01 Å². The minimum Gasteiger partial charge on any atom is -0.423 e. The van der Waals surface area contributed by atoms with Crippen LogP contribution in [0.25, 0.3) is 16.8 Å².